The van der Waals surface area contributed by atoms with Gasteiger partial charge in [-0.3, -0.25) is 14.4 Å². The molecule has 156 valence electrons. The molecule has 1 aliphatic heterocycles. The number of nitrogens with zero attached hydrogens (tertiary/aromatic N) is 1. The molecule has 0 N–H and O–H groups in total. The molecule has 1 heterocycles. The molecular weight excluding hydrogens is 402 g/mol. The van der Waals surface area contributed by atoms with E-state index in [2.05, 4.69) is 0 Å². The maximum atomic E-state index is 13.8. The third-order valence-electron chi connectivity index (χ3n) is 7.40. The summed E-state index contributed by atoms with van der Waals surface area (Å²) in [6, 6.07) is 21.8. The highest BCUT2D eigenvalue weighted by atomic mass is 16.2. The van der Waals surface area contributed by atoms with Gasteiger partial charge in [0.2, 0.25) is 11.8 Å². The minimum absolute atomic E-state index is 0.0897. The number of carbonyl (C=O) groups is 4. The zero-order valence-corrected chi connectivity index (χ0v) is 17.3. The first-order valence-electron chi connectivity index (χ1n) is 10.6. The van der Waals surface area contributed by atoms with E-state index in [1.54, 1.807) is 24.3 Å². The van der Waals surface area contributed by atoms with Gasteiger partial charge in [-0.2, -0.15) is 0 Å². The smallest absolute Gasteiger partial charge is 0.239 e. The molecule has 0 unspecified atom stereocenters. The number of imide groups is 1. The summed E-state index contributed by atoms with van der Waals surface area (Å²) in [5, 5.41) is 0. The van der Waals surface area contributed by atoms with Gasteiger partial charge in [0.05, 0.1) is 22.9 Å². The van der Waals surface area contributed by atoms with Gasteiger partial charge >= 0.3 is 0 Å². The zero-order valence-electron chi connectivity index (χ0n) is 17.3. The second-order valence-electron chi connectivity index (χ2n) is 8.76. The molecule has 2 atom stereocenters. The molecule has 1 fully saturated rings. The fraction of sp³-hybridized carbons (Fsp3) is 0.185. The predicted octanol–water partition coefficient (Wildman–Crippen LogP) is 3.64. The van der Waals surface area contributed by atoms with Crippen LogP contribution in [0.2, 0.25) is 0 Å². The van der Waals surface area contributed by atoms with Crippen molar-refractivity contribution >= 4 is 29.6 Å². The van der Waals surface area contributed by atoms with Gasteiger partial charge in [0.15, 0.2) is 5.78 Å². The summed E-state index contributed by atoms with van der Waals surface area (Å²) in [6.07, 6.45) is 0.866. The van der Waals surface area contributed by atoms with Crippen LogP contribution in [0.1, 0.15) is 45.5 Å². The van der Waals surface area contributed by atoms with E-state index in [-0.39, 0.29) is 23.5 Å². The Kier molecular flexibility index (Phi) is 3.73. The van der Waals surface area contributed by atoms with Crippen molar-refractivity contribution in [1.29, 1.82) is 0 Å². The third-order valence-corrected chi connectivity index (χ3v) is 7.40. The molecule has 0 saturated carbocycles. The predicted molar refractivity (Wildman–Crippen MR) is 117 cm³/mol. The largest absolute Gasteiger partial charge is 0.302 e. The molecular formula is C27H19NO4. The van der Waals surface area contributed by atoms with Gasteiger partial charge in [-0.05, 0) is 53.4 Å². The van der Waals surface area contributed by atoms with E-state index in [1.807, 2.05) is 48.5 Å². The number of hydrogen-bond acceptors (Lipinski definition) is 4. The monoisotopic (exact) mass is 421 g/mol. The van der Waals surface area contributed by atoms with Crippen LogP contribution in [0.3, 0.4) is 0 Å². The van der Waals surface area contributed by atoms with Crippen molar-refractivity contribution in [3.63, 3.8) is 0 Å². The summed E-state index contributed by atoms with van der Waals surface area (Å²) in [6.45, 7) is 1.47. The molecule has 3 aromatic rings. The topological polar surface area (TPSA) is 71.5 Å². The zero-order chi connectivity index (χ0) is 22.2. The molecule has 1 saturated heterocycles. The van der Waals surface area contributed by atoms with Crippen molar-refractivity contribution in [3.05, 3.63) is 101 Å². The summed E-state index contributed by atoms with van der Waals surface area (Å²) >= 11 is 0. The van der Waals surface area contributed by atoms with Crippen LogP contribution in [-0.4, -0.2) is 23.9 Å². The highest BCUT2D eigenvalue weighted by Crippen LogP contribution is 2.63. The van der Waals surface area contributed by atoms with E-state index in [0.717, 1.165) is 28.5 Å². The van der Waals surface area contributed by atoms with E-state index in [1.165, 1.54) is 11.8 Å². The SMILES string of the molecule is CC(=O)c1ccc(N2C(=O)[C@@H]3[C@@H](C2=O)C2c4ccccc4C3(C=O)c3ccccc32)cc1. The first kappa shape index (κ1) is 18.9. The van der Waals surface area contributed by atoms with Crippen LogP contribution in [0.25, 0.3) is 0 Å². The van der Waals surface area contributed by atoms with Gasteiger partial charge in [-0.1, -0.05) is 48.5 Å². The molecule has 3 aromatic carbocycles. The summed E-state index contributed by atoms with van der Waals surface area (Å²) in [5.74, 6) is -2.48. The van der Waals surface area contributed by atoms with Crippen LogP contribution in [0.4, 0.5) is 5.69 Å². The Hall–Kier alpha value is -3.86. The number of amides is 2. The summed E-state index contributed by atoms with van der Waals surface area (Å²) in [5.41, 5.74) is 3.24. The van der Waals surface area contributed by atoms with Crippen LogP contribution < -0.4 is 4.90 Å². The van der Waals surface area contributed by atoms with Crippen LogP contribution >= 0.6 is 0 Å². The maximum absolute atomic E-state index is 13.8. The number of hydrogen-bond donors (Lipinski definition) is 0. The molecule has 0 radical (unpaired) electrons. The molecule has 2 amide bonds. The van der Waals surface area contributed by atoms with E-state index in [0.29, 0.717) is 11.3 Å². The highest BCUT2D eigenvalue weighted by molar-refractivity contribution is 6.25. The Morgan fingerprint density at radius 1 is 0.844 bits per heavy atom. The Balaban J connectivity index is 1.58. The molecule has 3 aliphatic carbocycles. The first-order valence-corrected chi connectivity index (χ1v) is 10.6. The molecule has 0 aromatic heterocycles. The Morgan fingerprint density at radius 3 is 1.94 bits per heavy atom. The van der Waals surface area contributed by atoms with Gasteiger partial charge in [0.1, 0.15) is 6.29 Å². The van der Waals surface area contributed by atoms with E-state index >= 15 is 0 Å². The van der Waals surface area contributed by atoms with Crippen molar-refractivity contribution in [2.24, 2.45) is 11.8 Å². The summed E-state index contributed by atoms with van der Waals surface area (Å²) in [4.78, 5) is 53.3. The molecule has 7 rings (SSSR count). The maximum Gasteiger partial charge on any atom is 0.239 e. The Bertz CT molecular complexity index is 1290. The molecule has 0 spiro atoms. The second kappa shape index (κ2) is 6.33. The highest BCUT2D eigenvalue weighted by Gasteiger charge is 2.68. The van der Waals surface area contributed by atoms with Gasteiger partial charge in [0.25, 0.3) is 0 Å². The molecule has 2 bridgehead atoms. The second-order valence-corrected chi connectivity index (χ2v) is 8.76. The Labute approximate surface area is 184 Å². The third kappa shape index (κ3) is 2.08. The van der Waals surface area contributed by atoms with Gasteiger partial charge in [0, 0.05) is 11.5 Å². The summed E-state index contributed by atoms with van der Waals surface area (Å²) in [7, 11) is 0. The molecule has 4 aliphatic rings. The lowest BCUT2D eigenvalue weighted by atomic mass is 9.48. The minimum atomic E-state index is -1.20. The van der Waals surface area contributed by atoms with Gasteiger partial charge in [-0.15, -0.1) is 0 Å². The van der Waals surface area contributed by atoms with Crippen molar-refractivity contribution < 1.29 is 19.2 Å². The van der Waals surface area contributed by atoms with Crippen LogP contribution in [0.15, 0.2) is 72.8 Å². The lowest BCUT2D eigenvalue weighted by molar-refractivity contribution is -0.128. The molecule has 5 nitrogen and oxygen atoms in total. The van der Waals surface area contributed by atoms with Crippen LogP contribution in [0, 0.1) is 11.8 Å². The summed E-state index contributed by atoms with van der Waals surface area (Å²) < 4.78 is 0. The number of aldehydes is 1. The fourth-order valence-corrected chi connectivity index (χ4v) is 6.13. The van der Waals surface area contributed by atoms with Crippen LogP contribution in [-0.2, 0) is 19.8 Å². The Morgan fingerprint density at radius 2 is 1.41 bits per heavy atom. The number of ketones is 1. The normalized spacial score (nSPS) is 27.0. The van der Waals surface area contributed by atoms with Crippen LogP contribution in [0.5, 0.6) is 0 Å². The van der Waals surface area contributed by atoms with E-state index in [4.69, 9.17) is 0 Å². The number of Topliss-reactive ketones (excluding diaryl/α,β-unsaturated/α-hetero) is 1. The number of rotatable bonds is 3. The van der Waals surface area contributed by atoms with Gasteiger partial charge in [-0.25, -0.2) is 4.90 Å². The number of carbonyl (C=O) groups excluding carboxylic acids is 4. The lowest BCUT2D eigenvalue weighted by Gasteiger charge is -2.51. The standard InChI is InChI=1S/C27H19NO4/c1-15(30)16-10-12-17(13-11-16)28-25(31)23-22-18-6-2-4-8-20(18)27(14-29,24(23)26(28)32)21-9-5-3-7-19(21)22/h2-14,22-24H,1H3/t22?,23-,24-,27?/m0/s1. The molecule has 5 heteroatoms. The quantitative estimate of drug-likeness (QED) is 0.368. The van der Waals surface area contributed by atoms with Crippen molar-refractivity contribution in [2.75, 3.05) is 4.90 Å². The first-order chi connectivity index (χ1) is 15.5. The molecule has 32 heavy (non-hydrogen) atoms. The van der Waals surface area contributed by atoms with E-state index in [9.17, 15) is 19.2 Å². The number of benzene rings is 3. The van der Waals surface area contributed by atoms with Crippen molar-refractivity contribution in [3.8, 4) is 0 Å². The van der Waals surface area contributed by atoms with E-state index < -0.39 is 17.3 Å². The average molecular weight is 421 g/mol. The van der Waals surface area contributed by atoms with Crippen molar-refractivity contribution in [1.82, 2.24) is 0 Å². The average Bonchev–Trinajstić information content (AvgIpc) is 3.10. The number of anilines is 1. The fourth-order valence-electron chi connectivity index (χ4n) is 6.13. The van der Waals surface area contributed by atoms with Crippen molar-refractivity contribution in [2.45, 2.75) is 18.3 Å². The lowest BCUT2D eigenvalue weighted by Crippen LogP contribution is -2.54. The minimum Gasteiger partial charge on any atom is -0.302 e. The van der Waals surface area contributed by atoms with Gasteiger partial charge < -0.3 is 4.79 Å².